The molecule has 1 saturated heterocycles. The number of nitrogens with one attached hydrogen (secondary N) is 1. The third-order valence-electron chi connectivity index (χ3n) is 3.92. The largest absolute Gasteiger partial charge is 0.390 e. The third kappa shape index (κ3) is 6.95. The second-order valence-corrected chi connectivity index (χ2v) is 5.92. The molecule has 0 aromatic carbocycles. The summed E-state index contributed by atoms with van der Waals surface area (Å²) < 4.78 is 5.46. The molecule has 0 aliphatic carbocycles. The van der Waals surface area contributed by atoms with Crippen LogP contribution in [0.15, 0.2) is 11.8 Å². The van der Waals surface area contributed by atoms with E-state index in [1.54, 1.807) is 11.1 Å². The van der Waals surface area contributed by atoms with Gasteiger partial charge in [0, 0.05) is 39.0 Å². The Morgan fingerprint density at radius 2 is 2.05 bits per heavy atom. The molecule has 5 heteroatoms. The van der Waals surface area contributed by atoms with E-state index >= 15 is 0 Å². The number of amides is 1. The van der Waals surface area contributed by atoms with Crippen molar-refractivity contribution in [3.05, 3.63) is 11.8 Å². The molecule has 0 radical (unpaired) electrons. The first-order valence-corrected chi connectivity index (χ1v) is 8.39. The highest BCUT2D eigenvalue weighted by Gasteiger charge is 2.22. The smallest absolute Gasteiger partial charge is 0.265 e. The molecule has 124 valence electrons. The van der Waals surface area contributed by atoms with E-state index in [2.05, 4.69) is 19.2 Å². The predicted molar refractivity (Wildman–Crippen MR) is 87.0 cm³/mol. The summed E-state index contributed by atoms with van der Waals surface area (Å²) in [5, 5.41) is 12.2. The van der Waals surface area contributed by atoms with Gasteiger partial charge < -0.3 is 15.0 Å². The highest BCUT2D eigenvalue weighted by atomic mass is 16.5. The van der Waals surface area contributed by atoms with Crippen LogP contribution in [0, 0.1) is 17.2 Å². The number of unbranched alkanes of at least 4 members (excludes halogenated alkanes) is 1. The summed E-state index contributed by atoms with van der Waals surface area (Å²) in [6, 6.07) is 2.01. The topological polar surface area (TPSA) is 65.4 Å². The number of nitriles is 1. The Balaban J connectivity index is 2.25. The van der Waals surface area contributed by atoms with Gasteiger partial charge in [-0.05, 0) is 31.6 Å². The normalized spacial score (nSPS) is 16.4. The van der Waals surface area contributed by atoms with Crippen LogP contribution in [-0.2, 0) is 9.53 Å². The Labute approximate surface area is 134 Å². The molecule has 1 rings (SSSR count). The van der Waals surface area contributed by atoms with E-state index in [1.807, 2.05) is 6.07 Å². The molecule has 0 spiro atoms. The fraction of sp³-hybridized carbons (Fsp3) is 0.765. The van der Waals surface area contributed by atoms with Crippen molar-refractivity contribution in [3.63, 3.8) is 0 Å². The molecular formula is C17H29N3O2. The van der Waals surface area contributed by atoms with Crippen molar-refractivity contribution in [2.24, 2.45) is 5.92 Å². The highest BCUT2D eigenvalue weighted by molar-refractivity contribution is 5.97. The molecule has 0 atom stereocenters. The maximum Gasteiger partial charge on any atom is 0.265 e. The second kappa shape index (κ2) is 11.1. The van der Waals surface area contributed by atoms with E-state index in [9.17, 15) is 4.79 Å². The lowest BCUT2D eigenvalue weighted by atomic mass is 9.99. The van der Waals surface area contributed by atoms with E-state index in [-0.39, 0.29) is 11.5 Å². The lowest BCUT2D eigenvalue weighted by Crippen LogP contribution is -2.38. The van der Waals surface area contributed by atoms with Crippen LogP contribution < -0.4 is 5.32 Å². The van der Waals surface area contributed by atoms with Gasteiger partial charge in [-0.3, -0.25) is 4.79 Å². The quantitative estimate of drug-likeness (QED) is 0.404. The Morgan fingerprint density at radius 1 is 1.36 bits per heavy atom. The minimum Gasteiger partial charge on any atom is -0.390 e. The minimum absolute atomic E-state index is 0.152. The number of ether oxygens (including phenoxy) is 1. The van der Waals surface area contributed by atoms with Gasteiger partial charge in [0.1, 0.15) is 11.6 Å². The van der Waals surface area contributed by atoms with Gasteiger partial charge in [0.05, 0.1) is 0 Å². The van der Waals surface area contributed by atoms with Gasteiger partial charge in [-0.15, -0.1) is 0 Å². The summed E-state index contributed by atoms with van der Waals surface area (Å²) in [7, 11) is 0. The average Bonchev–Trinajstić information content (AvgIpc) is 2.54. The number of nitrogens with zero attached hydrogens (tertiary/aromatic N) is 2. The molecule has 0 saturated carbocycles. The molecule has 0 aromatic heterocycles. The summed E-state index contributed by atoms with van der Waals surface area (Å²) in [6.07, 6.45) is 6.69. The summed E-state index contributed by atoms with van der Waals surface area (Å²) in [6.45, 7) is 8.07. The summed E-state index contributed by atoms with van der Waals surface area (Å²) in [5.74, 6) is 0.519. The predicted octanol–water partition coefficient (Wildman–Crippen LogP) is 2.45. The van der Waals surface area contributed by atoms with Gasteiger partial charge in [-0.25, -0.2) is 0 Å². The van der Waals surface area contributed by atoms with Crippen LogP contribution in [0.2, 0.25) is 0 Å². The van der Waals surface area contributed by atoms with Crippen molar-refractivity contribution < 1.29 is 9.53 Å². The van der Waals surface area contributed by atoms with E-state index in [0.29, 0.717) is 19.1 Å². The van der Waals surface area contributed by atoms with Crippen LogP contribution in [0.4, 0.5) is 0 Å². The molecule has 1 N–H and O–H groups in total. The van der Waals surface area contributed by atoms with Crippen LogP contribution in [0.1, 0.15) is 46.0 Å². The SMILES string of the molecule is CCCCOCCCN/C=C(/C#N)C(=O)N1CCC(C)CC1. The molecule has 0 bridgehead atoms. The summed E-state index contributed by atoms with van der Waals surface area (Å²) >= 11 is 0. The zero-order valence-electron chi connectivity index (χ0n) is 13.9. The highest BCUT2D eigenvalue weighted by Crippen LogP contribution is 2.17. The van der Waals surface area contributed by atoms with E-state index < -0.39 is 0 Å². The van der Waals surface area contributed by atoms with Crippen molar-refractivity contribution in [2.45, 2.75) is 46.0 Å². The Kier molecular flexibility index (Phi) is 9.33. The second-order valence-electron chi connectivity index (χ2n) is 5.92. The number of carbonyl (C=O) groups is 1. The number of piperidine rings is 1. The Hall–Kier alpha value is -1.54. The standard InChI is InChI=1S/C17H29N3O2/c1-3-4-11-22-12-5-8-19-14-16(13-18)17(21)20-9-6-15(2)7-10-20/h14-15,19H,3-12H2,1-2H3/b16-14-. The zero-order valence-corrected chi connectivity index (χ0v) is 13.9. The van der Waals surface area contributed by atoms with Gasteiger partial charge in [-0.1, -0.05) is 20.3 Å². The van der Waals surface area contributed by atoms with E-state index in [4.69, 9.17) is 10.00 Å². The molecule has 22 heavy (non-hydrogen) atoms. The lowest BCUT2D eigenvalue weighted by Gasteiger charge is -2.30. The number of hydrogen-bond donors (Lipinski definition) is 1. The maximum atomic E-state index is 12.2. The van der Waals surface area contributed by atoms with Crippen LogP contribution in [0.3, 0.4) is 0 Å². The van der Waals surface area contributed by atoms with Gasteiger partial charge in [0.2, 0.25) is 0 Å². The van der Waals surface area contributed by atoms with Crippen molar-refractivity contribution in [3.8, 4) is 6.07 Å². The van der Waals surface area contributed by atoms with Crippen LogP contribution >= 0.6 is 0 Å². The van der Waals surface area contributed by atoms with Crippen molar-refractivity contribution in [2.75, 3.05) is 32.8 Å². The number of rotatable bonds is 9. The first-order valence-electron chi connectivity index (χ1n) is 8.39. The monoisotopic (exact) mass is 307 g/mol. The lowest BCUT2D eigenvalue weighted by molar-refractivity contribution is -0.128. The first kappa shape index (κ1) is 18.5. The average molecular weight is 307 g/mol. The molecule has 1 aliphatic heterocycles. The van der Waals surface area contributed by atoms with Crippen LogP contribution in [0.25, 0.3) is 0 Å². The van der Waals surface area contributed by atoms with Crippen LogP contribution in [0.5, 0.6) is 0 Å². The fourth-order valence-corrected chi connectivity index (χ4v) is 2.32. The van der Waals surface area contributed by atoms with E-state index in [1.165, 1.54) is 0 Å². The molecule has 1 amide bonds. The molecule has 0 unspecified atom stereocenters. The Bertz CT molecular complexity index is 393. The van der Waals surface area contributed by atoms with E-state index in [0.717, 1.165) is 51.8 Å². The summed E-state index contributed by atoms with van der Waals surface area (Å²) in [5.41, 5.74) is 0.196. The van der Waals surface area contributed by atoms with Gasteiger partial charge in [-0.2, -0.15) is 5.26 Å². The number of likely N-dealkylation sites (tertiary alicyclic amines) is 1. The molecule has 1 heterocycles. The number of carbonyl (C=O) groups excluding carboxylic acids is 1. The molecule has 5 nitrogen and oxygen atoms in total. The Morgan fingerprint density at radius 3 is 2.68 bits per heavy atom. The summed E-state index contributed by atoms with van der Waals surface area (Å²) in [4.78, 5) is 14.0. The van der Waals surface area contributed by atoms with Crippen molar-refractivity contribution in [1.29, 1.82) is 5.26 Å². The van der Waals surface area contributed by atoms with Crippen LogP contribution in [-0.4, -0.2) is 43.7 Å². The van der Waals surface area contributed by atoms with Crippen molar-refractivity contribution in [1.82, 2.24) is 10.2 Å². The molecule has 1 fully saturated rings. The van der Waals surface area contributed by atoms with Gasteiger partial charge in [0.25, 0.3) is 5.91 Å². The first-order chi connectivity index (χ1) is 10.7. The third-order valence-corrected chi connectivity index (χ3v) is 3.92. The van der Waals surface area contributed by atoms with Crippen molar-refractivity contribution >= 4 is 5.91 Å². The van der Waals surface area contributed by atoms with Gasteiger partial charge >= 0.3 is 0 Å². The molecular weight excluding hydrogens is 278 g/mol. The zero-order chi connectivity index (χ0) is 16.2. The number of hydrogen-bond acceptors (Lipinski definition) is 4. The molecule has 0 aromatic rings. The van der Waals surface area contributed by atoms with Gasteiger partial charge in [0.15, 0.2) is 0 Å². The fourth-order valence-electron chi connectivity index (χ4n) is 2.32. The molecule has 1 aliphatic rings. The maximum absolute atomic E-state index is 12.2. The minimum atomic E-state index is -0.152.